The van der Waals surface area contributed by atoms with Crippen LogP contribution in [-0.4, -0.2) is 11.3 Å². The van der Waals surface area contributed by atoms with Crippen molar-refractivity contribution in [3.63, 3.8) is 0 Å². The maximum absolute atomic E-state index is 11.2. The predicted molar refractivity (Wildman–Crippen MR) is 62.7 cm³/mol. The van der Waals surface area contributed by atoms with E-state index in [2.05, 4.69) is 24.5 Å². The molecule has 0 saturated heterocycles. The van der Waals surface area contributed by atoms with Gasteiger partial charge >= 0.3 is 0 Å². The Kier molecular flexibility index (Phi) is 4.26. The Bertz CT molecular complexity index is 336. The summed E-state index contributed by atoms with van der Waals surface area (Å²) in [5, 5.41) is 4.21. The van der Waals surface area contributed by atoms with Gasteiger partial charge in [0.1, 0.15) is 0 Å². The number of rotatable bonds is 4. The Hall–Kier alpha value is -1.22. The van der Waals surface area contributed by atoms with Gasteiger partial charge in [0.2, 0.25) is 5.91 Å². The molecular formula is C11H13NOS. The molecule has 0 saturated carbocycles. The molecule has 0 atom stereocenters. The molecule has 0 bridgehead atoms. The smallest absolute Gasteiger partial charge is 0.229 e. The largest absolute Gasteiger partial charge is 0.326 e. The van der Waals surface area contributed by atoms with Gasteiger partial charge in [-0.3, -0.25) is 4.79 Å². The number of carbonyl (C=O) groups excluding carboxylic acids is 1. The summed E-state index contributed by atoms with van der Waals surface area (Å²) in [4.78, 5) is 11.2. The lowest BCUT2D eigenvalue weighted by molar-refractivity contribution is -0.115. The van der Waals surface area contributed by atoms with E-state index in [0.717, 1.165) is 12.1 Å². The van der Waals surface area contributed by atoms with Crippen LogP contribution in [0.3, 0.4) is 0 Å². The first-order valence-corrected chi connectivity index (χ1v) is 5.06. The van der Waals surface area contributed by atoms with Gasteiger partial charge in [0.05, 0.1) is 6.42 Å². The summed E-state index contributed by atoms with van der Waals surface area (Å²) in [5.74, 6) is -0.0618. The normalized spacial score (nSPS) is 9.50. The minimum atomic E-state index is -0.0618. The second kappa shape index (κ2) is 5.50. The molecule has 0 spiro atoms. The Morgan fingerprint density at radius 2 is 2.36 bits per heavy atom. The van der Waals surface area contributed by atoms with Gasteiger partial charge < -0.3 is 5.32 Å². The molecule has 74 valence electrons. The van der Waals surface area contributed by atoms with Crippen LogP contribution in [-0.2, 0) is 11.2 Å². The van der Waals surface area contributed by atoms with Crippen molar-refractivity contribution in [3.05, 3.63) is 29.8 Å². The summed E-state index contributed by atoms with van der Waals surface area (Å²) >= 11 is 4.61. The molecule has 0 unspecified atom stereocenters. The van der Waals surface area contributed by atoms with E-state index in [1.54, 1.807) is 0 Å². The van der Waals surface area contributed by atoms with Crippen LogP contribution >= 0.6 is 12.2 Å². The molecule has 1 rings (SSSR count). The van der Waals surface area contributed by atoms with Crippen molar-refractivity contribution >= 4 is 29.2 Å². The SMILES string of the molecule is CCc1cccc(NC(=O)CC=S)c1. The number of carbonyl (C=O) groups is 1. The van der Waals surface area contributed by atoms with Crippen molar-refractivity contribution in [2.24, 2.45) is 0 Å². The molecule has 0 fully saturated rings. The van der Waals surface area contributed by atoms with Crippen LogP contribution in [0.25, 0.3) is 0 Å². The molecule has 0 heterocycles. The van der Waals surface area contributed by atoms with E-state index in [4.69, 9.17) is 0 Å². The van der Waals surface area contributed by atoms with Gasteiger partial charge in [0.15, 0.2) is 0 Å². The van der Waals surface area contributed by atoms with Crippen molar-refractivity contribution < 1.29 is 4.79 Å². The van der Waals surface area contributed by atoms with E-state index in [1.807, 2.05) is 24.3 Å². The number of anilines is 1. The minimum Gasteiger partial charge on any atom is -0.326 e. The molecule has 1 N–H and O–H groups in total. The number of hydrogen-bond acceptors (Lipinski definition) is 2. The average Bonchev–Trinajstić information content (AvgIpc) is 2.18. The van der Waals surface area contributed by atoms with Crippen LogP contribution in [0.15, 0.2) is 24.3 Å². The first-order valence-electron chi connectivity index (χ1n) is 4.58. The van der Waals surface area contributed by atoms with E-state index in [1.165, 1.54) is 10.9 Å². The van der Waals surface area contributed by atoms with Gasteiger partial charge in [-0.1, -0.05) is 31.3 Å². The lowest BCUT2D eigenvalue weighted by atomic mass is 10.1. The zero-order valence-electron chi connectivity index (χ0n) is 8.12. The molecular weight excluding hydrogens is 194 g/mol. The first-order chi connectivity index (χ1) is 6.76. The van der Waals surface area contributed by atoms with Crippen LogP contribution in [0.1, 0.15) is 18.9 Å². The third kappa shape index (κ3) is 3.26. The van der Waals surface area contributed by atoms with Crippen molar-refractivity contribution in [2.45, 2.75) is 19.8 Å². The van der Waals surface area contributed by atoms with Crippen LogP contribution in [0.2, 0.25) is 0 Å². The maximum Gasteiger partial charge on any atom is 0.229 e. The highest BCUT2D eigenvalue weighted by Gasteiger charge is 1.99. The molecule has 0 aliphatic carbocycles. The lowest BCUT2D eigenvalue weighted by Crippen LogP contribution is -2.11. The van der Waals surface area contributed by atoms with Gasteiger partial charge in [-0.05, 0) is 29.5 Å². The van der Waals surface area contributed by atoms with Crippen molar-refractivity contribution in [1.82, 2.24) is 0 Å². The van der Waals surface area contributed by atoms with Gasteiger partial charge in [-0.15, -0.1) is 0 Å². The van der Waals surface area contributed by atoms with Gasteiger partial charge in [-0.25, -0.2) is 0 Å². The summed E-state index contributed by atoms with van der Waals surface area (Å²) in [6, 6.07) is 7.82. The molecule has 0 aliphatic rings. The molecule has 1 aromatic carbocycles. The third-order valence-corrected chi connectivity index (χ3v) is 2.05. The monoisotopic (exact) mass is 207 g/mol. The molecule has 0 aliphatic heterocycles. The van der Waals surface area contributed by atoms with Crippen LogP contribution in [0.4, 0.5) is 5.69 Å². The Morgan fingerprint density at radius 1 is 1.57 bits per heavy atom. The van der Waals surface area contributed by atoms with Gasteiger partial charge in [-0.2, -0.15) is 0 Å². The second-order valence-electron chi connectivity index (χ2n) is 2.97. The third-order valence-electron chi connectivity index (χ3n) is 1.89. The maximum atomic E-state index is 11.2. The first kappa shape index (κ1) is 10.9. The molecule has 0 radical (unpaired) electrons. The quantitative estimate of drug-likeness (QED) is 0.769. The summed E-state index contributed by atoms with van der Waals surface area (Å²) in [5.41, 5.74) is 2.05. The summed E-state index contributed by atoms with van der Waals surface area (Å²) in [7, 11) is 0. The fraction of sp³-hybridized carbons (Fsp3) is 0.273. The Labute approximate surface area is 89.3 Å². The van der Waals surface area contributed by atoms with E-state index >= 15 is 0 Å². The van der Waals surface area contributed by atoms with Crippen LogP contribution in [0.5, 0.6) is 0 Å². The highest BCUT2D eigenvalue weighted by Crippen LogP contribution is 2.10. The number of thiocarbonyl (C=S) groups is 1. The van der Waals surface area contributed by atoms with Crippen molar-refractivity contribution in [2.75, 3.05) is 5.32 Å². The van der Waals surface area contributed by atoms with E-state index in [-0.39, 0.29) is 12.3 Å². The average molecular weight is 207 g/mol. The number of nitrogens with one attached hydrogen (secondary N) is 1. The number of aryl methyl sites for hydroxylation is 1. The van der Waals surface area contributed by atoms with E-state index in [9.17, 15) is 4.79 Å². The van der Waals surface area contributed by atoms with Gasteiger partial charge in [0, 0.05) is 5.69 Å². The fourth-order valence-corrected chi connectivity index (χ4v) is 1.31. The van der Waals surface area contributed by atoms with Crippen molar-refractivity contribution in [3.8, 4) is 0 Å². The zero-order valence-corrected chi connectivity index (χ0v) is 8.93. The Balaban J connectivity index is 2.66. The summed E-state index contributed by atoms with van der Waals surface area (Å²) in [6.45, 7) is 2.08. The summed E-state index contributed by atoms with van der Waals surface area (Å²) in [6.07, 6.45) is 1.25. The van der Waals surface area contributed by atoms with Crippen LogP contribution in [0, 0.1) is 0 Å². The molecule has 3 heteroatoms. The second-order valence-corrected chi connectivity index (χ2v) is 3.31. The highest BCUT2D eigenvalue weighted by atomic mass is 32.1. The van der Waals surface area contributed by atoms with E-state index in [0.29, 0.717) is 0 Å². The topological polar surface area (TPSA) is 29.1 Å². The van der Waals surface area contributed by atoms with Crippen LogP contribution < -0.4 is 5.32 Å². The summed E-state index contributed by atoms with van der Waals surface area (Å²) < 4.78 is 0. The fourth-order valence-electron chi connectivity index (χ4n) is 1.16. The number of hydrogen-bond donors (Lipinski definition) is 1. The Morgan fingerprint density at radius 3 is 3.00 bits per heavy atom. The molecule has 0 aromatic heterocycles. The molecule has 1 amide bonds. The van der Waals surface area contributed by atoms with Crippen molar-refractivity contribution in [1.29, 1.82) is 0 Å². The molecule has 14 heavy (non-hydrogen) atoms. The lowest BCUT2D eigenvalue weighted by Gasteiger charge is -2.04. The number of amides is 1. The molecule has 1 aromatic rings. The van der Waals surface area contributed by atoms with E-state index < -0.39 is 0 Å². The minimum absolute atomic E-state index is 0.0618. The standard InChI is InChI=1S/C11H13NOS/c1-2-9-4-3-5-10(8-9)12-11(13)6-7-14/h3-5,7-8H,2,6H2,1H3,(H,12,13). The number of benzene rings is 1. The van der Waals surface area contributed by atoms with Gasteiger partial charge in [0.25, 0.3) is 0 Å². The zero-order chi connectivity index (χ0) is 10.4. The molecule has 2 nitrogen and oxygen atoms in total. The predicted octanol–water partition coefficient (Wildman–Crippen LogP) is 2.58. The highest BCUT2D eigenvalue weighted by molar-refractivity contribution is 7.79.